The Labute approximate surface area is 199 Å². The molecule has 0 saturated carbocycles. The molecule has 164 valence electrons. The predicted molar refractivity (Wildman–Crippen MR) is 132 cm³/mol. The maximum absolute atomic E-state index is 13.4. The number of carbonyl (C=O) groups is 1. The molecule has 0 aromatic heterocycles. The van der Waals surface area contributed by atoms with Gasteiger partial charge < -0.3 is 9.64 Å². The first-order valence-electron chi connectivity index (χ1n) is 10.7. The first-order chi connectivity index (χ1) is 15.6. The third kappa shape index (κ3) is 4.23. The highest BCUT2D eigenvalue weighted by Gasteiger charge is 2.51. The molecule has 5 heteroatoms. The van der Waals surface area contributed by atoms with E-state index in [4.69, 9.17) is 16.3 Å². The number of nitrogens with zero attached hydrogens (tertiary/aromatic N) is 1. The SMILES string of the molecule is C=CCSc1ccc(COC2(c3ccc(Cl)cc3)c3ccccc3C(=O)N2CCC)cc1. The average Bonchev–Trinajstić information content (AvgIpc) is 3.06. The Hall–Kier alpha value is -2.53. The number of thioether (sulfide) groups is 1. The third-order valence-electron chi connectivity index (χ3n) is 5.57. The summed E-state index contributed by atoms with van der Waals surface area (Å²) in [6.07, 6.45) is 2.72. The molecule has 0 fully saturated rings. The summed E-state index contributed by atoms with van der Waals surface area (Å²) in [5.41, 5.74) is 2.51. The van der Waals surface area contributed by atoms with E-state index in [0.29, 0.717) is 23.7 Å². The van der Waals surface area contributed by atoms with E-state index in [1.807, 2.05) is 59.5 Å². The van der Waals surface area contributed by atoms with Crippen LogP contribution in [0, 0.1) is 0 Å². The van der Waals surface area contributed by atoms with Crippen molar-refractivity contribution < 1.29 is 9.53 Å². The lowest BCUT2D eigenvalue weighted by Crippen LogP contribution is -2.47. The molecule has 1 atom stereocenters. The average molecular weight is 464 g/mol. The first-order valence-corrected chi connectivity index (χ1v) is 12.1. The van der Waals surface area contributed by atoms with Gasteiger partial charge in [-0.3, -0.25) is 4.79 Å². The maximum atomic E-state index is 13.4. The fourth-order valence-electron chi connectivity index (χ4n) is 4.13. The number of ether oxygens (including phenoxy) is 1. The van der Waals surface area contributed by atoms with Crippen molar-refractivity contribution in [2.75, 3.05) is 12.3 Å². The number of hydrogen-bond donors (Lipinski definition) is 0. The van der Waals surface area contributed by atoms with E-state index in [1.165, 1.54) is 4.90 Å². The van der Waals surface area contributed by atoms with Crippen molar-refractivity contribution in [2.24, 2.45) is 0 Å². The lowest BCUT2D eigenvalue weighted by molar-refractivity contribution is -0.117. The summed E-state index contributed by atoms with van der Waals surface area (Å²) < 4.78 is 6.72. The Kier molecular flexibility index (Phi) is 7.04. The van der Waals surface area contributed by atoms with E-state index in [2.05, 4.69) is 37.8 Å². The third-order valence-corrected chi connectivity index (χ3v) is 6.83. The molecule has 1 amide bonds. The van der Waals surface area contributed by atoms with Crippen LogP contribution in [0.1, 0.15) is 40.4 Å². The van der Waals surface area contributed by atoms with Crippen LogP contribution in [0.2, 0.25) is 5.02 Å². The fraction of sp³-hybridized carbons (Fsp3) is 0.222. The van der Waals surface area contributed by atoms with Gasteiger partial charge in [0, 0.05) is 38.9 Å². The van der Waals surface area contributed by atoms with E-state index in [9.17, 15) is 4.79 Å². The largest absolute Gasteiger partial charge is 0.342 e. The van der Waals surface area contributed by atoms with Crippen molar-refractivity contribution in [2.45, 2.75) is 30.6 Å². The van der Waals surface area contributed by atoms with Gasteiger partial charge >= 0.3 is 0 Å². The highest BCUT2D eigenvalue weighted by molar-refractivity contribution is 7.99. The van der Waals surface area contributed by atoms with Gasteiger partial charge in [0.2, 0.25) is 0 Å². The number of halogens is 1. The monoisotopic (exact) mass is 463 g/mol. The summed E-state index contributed by atoms with van der Waals surface area (Å²) in [6, 6.07) is 23.7. The summed E-state index contributed by atoms with van der Waals surface area (Å²) >= 11 is 7.93. The van der Waals surface area contributed by atoms with Gasteiger partial charge in [0.25, 0.3) is 5.91 Å². The van der Waals surface area contributed by atoms with E-state index in [1.54, 1.807) is 11.8 Å². The number of carbonyl (C=O) groups excluding carboxylic acids is 1. The Balaban J connectivity index is 1.74. The molecule has 0 bridgehead atoms. The van der Waals surface area contributed by atoms with E-state index < -0.39 is 5.72 Å². The lowest BCUT2D eigenvalue weighted by atomic mass is 9.93. The molecule has 4 rings (SSSR count). The second-order valence-electron chi connectivity index (χ2n) is 7.69. The fourth-order valence-corrected chi connectivity index (χ4v) is 4.90. The number of fused-ring (bicyclic) bond motifs is 1. The highest BCUT2D eigenvalue weighted by Crippen LogP contribution is 2.46. The second-order valence-corrected chi connectivity index (χ2v) is 9.22. The highest BCUT2D eigenvalue weighted by atomic mass is 35.5. The van der Waals surface area contributed by atoms with Crippen LogP contribution >= 0.6 is 23.4 Å². The van der Waals surface area contributed by atoms with Crippen LogP contribution in [0.15, 0.2) is 90.3 Å². The van der Waals surface area contributed by atoms with Crippen molar-refractivity contribution >= 4 is 29.3 Å². The van der Waals surface area contributed by atoms with Gasteiger partial charge in [0.15, 0.2) is 5.72 Å². The molecule has 1 heterocycles. The van der Waals surface area contributed by atoms with Gasteiger partial charge in [-0.05, 0) is 42.3 Å². The standard InChI is InChI=1S/C27H26ClNO2S/c1-3-17-29-26(30)24-7-5-6-8-25(24)27(29,21-11-13-22(28)14-12-21)31-19-20-9-15-23(16-10-20)32-18-4-2/h4-16H,2-3,17-19H2,1H3. The number of benzene rings is 3. The minimum absolute atomic E-state index is 0.00595. The lowest BCUT2D eigenvalue weighted by Gasteiger charge is -2.39. The van der Waals surface area contributed by atoms with E-state index in [-0.39, 0.29) is 5.91 Å². The second kappa shape index (κ2) is 9.95. The Morgan fingerprint density at radius 2 is 1.78 bits per heavy atom. The topological polar surface area (TPSA) is 29.5 Å². The van der Waals surface area contributed by atoms with Crippen molar-refractivity contribution in [3.05, 3.63) is 113 Å². The first kappa shape index (κ1) is 22.7. The maximum Gasteiger partial charge on any atom is 0.257 e. The quantitative estimate of drug-likeness (QED) is 0.255. The molecule has 0 N–H and O–H groups in total. The molecule has 0 spiro atoms. The molecule has 1 aliphatic rings. The van der Waals surface area contributed by atoms with Crippen LogP contribution in [-0.2, 0) is 17.1 Å². The van der Waals surface area contributed by atoms with Gasteiger partial charge in [-0.15, -0.1) is 18.3 Å². The number of hydrogen-bond acceptors (Lipinski definition) is 3. The Bertz CT molecular complexity index is 1100. The summed E-state index contributed by atoms with van der Waals surface area (Å²) in [6.45, 7) is 6.81. The zero-order valence-corrected chi connectivity index (χ0v) is 19.7. The Morgan fingerprint density at radius 1 is 1.06 bits per heavy atom. The minimum atomic E-state index is -0.995. The normalized spacial score (nSPS) is 17.4. The van der Waals surface area contributed by atoms with Gasteiger partial charge in [-0.1, -0.05) is 67.1 Å². The number of amides is 1. The smallest absolute Gasteiger partial charge is 0.257 e. The zero-order valence-electron chi connectivity index (χ0n) is 18.1. The molecule has 1 aliphatic heterocycles. The molecule has 3 aromatic carbocycles. The van der Waals surface area contributed by atoms with Crippen molar-refractivity contribution in [1.82, 2.24) is 4.90 Å². The van der Waals surface area contributed by atoms with Crippen LogP contribution in [0.25, 0.3) is 0 Å². The van der Waals surface area contributed by atoms with E-state index in [0.717, 1.165) is 28.9 Å². The van der Waals surface area contributed by atoms with Gasteiger partial charge in [0.1, 0.15) is 0 Å². The van der Waals surface area contributed by atoms with Gasteiger partial charge in [0.05, 0.1) is 6.61 Å². The van der Waals surface area contributed by atoms with Crippen molar-refractivity contribution in [1.29, 1.82) is 0 Å². The van der Waals surface area contributed by atoms with Crippen LogP contribution in [0.3, 0.4) is 0 Å². The van der Waals surface area contributed by atoms with Crippen LogP contribution in [0.4, 0.5) is 0 Å². The molecule has 1 unspecified atom stereocenters. The van der Waals surface area contributed by atoms with Crippen LogP contribution in [0.5, 0.6) is 0 Å². The Morgan fingerprint density at radius 3 is 2.47 bits per heavy atom. The van der Waals surface area contributed by atoms with Crippen LogP contribution < -0.4 is 0 Å². The number of rotatable bonds is 9. The predicted octanol–water partition coefficient (Wildman–Crippen LogP) is 6.90. The zero-order chi connectivity index (χ0) is 22.6. The summed E-state index contributed by atoms with van der Waals surface area (Å²) in [7, 11) is 0. The van der Waals surface area contributed by atoms with Crippen LogP contribution in [-0.4, -0.2) is 23.1 Å². The van der Waals surface area contributed by atoms with Gasteiger partial charge in [-0.2, -0.15) is 0 Å². The molecule has 0 radical (unpaired) electrons. The summed E-state index contributed by atoms with van der Waals surface area (Å²) in [5.74, 6) is 0.869. The molecular weight excluding hydrogens is 438 g/mol. The molecule has 3 nitrogen and oxygen atoms in total. The molecule has 3 aromatic rings. The molecule has 32 heavy (non-hydrogen) atoms. The van der Waals surface area contributed by atoms with Crippen molar-refractivity contribution in [3.8, 4) is 0 Å². The van der Waals surface area contributed by atoms with Gasteiger partial charge in [-0.25, -0.2) is 0 Å². The minimum Gasteiger partial charge on any atom is -0.342 e. The van der Waals surface area contributed by atoms with Crippen molar-refractivity contribution in [3.63, 3.8) is 0 Å². The molecule has 0 saturated heterocycles. The summed E-state index contributed by atoms with van der Waals surface area (Å²) in [5, 5.41) is 0.649. The molecule has 0 aliphatic carbocycles. The molecular formula is C27H26ClNO2S. The van der Waals surface area contributed by atoms with E-state index >= 15 is 0 Å². The summed E-state index contributed by atoms with van der Waals surface area (Å²) in [4.78, 5) is 16.5.